The van der Waals surface area contributed by atoms with Gasteiger partial charge in [0.2, 0.25) is 0 Å². The molecule has 0 atom stereocenters. The predicted molar refractivity (Wildman–Crippen MR) is 106 cm³/mol. The van der Waals surface area contributed by atoms with Gasteiger partial charge in [-0.3, -0.25) is 14.5 Å². The molecule has 1 heterocycles. The van der Waals surface area contributed by atoms with Crippen molar-refractivity contribution in [2.45, 2.75) is 20.8 Å². The fourth-order valence-electron chi connectivity index (χ4n) is 3.09. The Balaban J connectivity index is 2.03. The Hall–Kier alpha value is -3.22. The summed E-state index contributed by atoms with van der Waals surface area (Å²) >= 11 is 0. The fraction of sp³-hybridized carbons (Fsp3) is 0.273. The zero-order valence-corrected chi connectivity index (χ0v) is 16.5. The molecule has 0 radical (unpaired) electrons. The normalized spacial score (nSPS) is 14.2. The molecular weight excluding hydrogens is 378 g/mol. The Morgan fingerprint density at radius 1 is 1.00 bits per heavy atom. The van der Waals surface area contributed by atoms with Gasteiger partial charge in [-0.1, -0.05) is 26.0 Å². The van der Waals surface area contributed by atoms with E-state index in [1.54, 1.807) is 24.3 Å². The first-order chi connectivity index (χ1) is 13.8. The first-order valence-electron chi connectivity index (χ1n) is 9.37. The quantitative estimate of drug-likeness (QED) is 0.708. The van der Waals surface area contributed by atoms with Gasteiger partial charge in [0.25, 0.3) is 11.8 Å². The third-order valence-corrected chi connectivity index (χ3v) is 4.36. The second-order valence-electron chi connectivity index (χ2n) is 7.08. The van der Waals surface area contributed by atoms with Crippen LogP contribution in [0.4, 0.5) is 14.5 Å². The Labute approximate surface area is 168 Å². The Bertz CT molecular complexity index is 969. The molecule has 1 N–H and O–H groups in total. The van der Waals surface area contributed by atoms with Crippen LogP contribution in [0.2, 0.25) is 0 Å². The first-order valence-corrected chi connectivity index (χ1v) is 9.37. The van der Waals surface area contributed by atoms with E-state index in [9.17, 15) is 18.4 Å². The average molecular weight is 400 g/mol. The van der Waals surface area contributed by atoms with Crippen molar-refractivity contribution in [3.63, 3.8) is 0 Å². The monoisotopic (exact) mass is 400 g/mol. The van der Waals surface area contributed by atoms with Crippen molar-refractivity contribution in [2.24, 2.45) is 5.92 Å². The predicted octanol–water partition coefficient (Wildman–Crippen LogP) is 4.21. The zero-order chi connectivity index (χ0) is 21.1. The van der Waals surface area contributed by atoms with Gasteiger partial charge in [-0.25, -0.2) is 8.78 Å². The minimum Gasteiger partial charge on any atom is -0.494 e. The number of hydrogen-bond acceptors (Lipinski definition) is 4. The van der Waals surface area contributed by atoms with Crippen LogP contribution in [0.25, 0.3) is 5.57 Å². The summed E-state index contributed by atoms with van der Waals surface area (Å²) in [4.78, 5) is 27.1. The van der Waals surface area contributed by atoms with Crippen molar-refractivity contribution in [2.75, 3.05) is 18.5 Å². The number of imide groups is 1. The van der Waals surface area contributed by atoms with Crippen LogP contribution in [-0.2, 0) is 9.59 Å². The Morgan fingerprint density at radius 2 is 1.69 bits per heavy atom. The molecule has 2 aromatic rings. The highest BCUT2D eigenvalue weighted by molar-refractivity contribution is 6.36. The van der Waals surface area contributed by atoms with Gasteiger partial charge in [-0.05, 0) is 42.7 Å². The van der Waals surface area contributed by atoms with E-state index in [4.69, 9.17) is 4.74 Å². The summed E-state index contributed by atoms with van der Waals surface area (Å²) in [6.07, 6.45) is 0. The van der Waals surface area contributed by atoms with Crippen LogP contribution in [-0.4, -0.2) is 29.9 Å². The van der Waals surface area contributed by atoms with Gasteiger partial charge in [0.1, 0.15) is 11.4 Å². The van der Waals surface area contributed by atoms with Crippen LogP contribution in [0.3, 0.4) is 0 Å². The highest BCUT2D eigenvalue weighted by Crippen LogP contribution is 2.32. The number of nitrogens with one attached hydrogen (secondary N) is 1. The van der Waals surface area contributed by atoms with Gasteiger partial charge in [0, 0.05) is 18.3 Å². The molecule has 152 valence electrons. The maximum absolute atomic E-state index is 13.6. The maximum atomic E-state index is 13.6. The standard InChI is InChI=1S/C22H22F2N2O3/c1-4-29-16-8-5-14(6-9-16)19-20(22(28)26(21(19)27)12-13(2)3)25-15-7-10-17(23)18(24)11-15/h5-11,13,25H,4,12H2,1-3H3. The molecule has 0 aromatic heterocycles. The molecule has 0 spiro atoms. The van der Waals surface area contributed by atoms with E-state index in [2.05, 4.69) is 5.32 Å². The molecule has 3 rings (SSSR count). The SMILES string of the molecule is CCOc1ccc(C2=C(Nc3ccc(F)c(F)c3)C(=O)N(CC(C)C)C2=O)cc1. The lowest BCUT2D eigenvalue weighted by atomic mass is 10.0. The highest BCUT2D eigenvalue weighted by atomic mass is 19.2. The van der Waals surface area contributed by atoms with E-state index >= 15 is 0 Å². The third-order valence-electron chi connectivity index (χ3n) is 4.36. The van der Waals surface area contributed by atoms with Crippen molar-refractivity contribution in [3.8, 4) is 5.75 Å². The molecule has 2 aromatic carbocycles. The Morgan fingerprint density at radius 3 is 2.28 bits per heavy atom. The van der Waals surface area contributed by atoms with Crippen molar-refractivity contribution < 1.29 is 23.1 Å². The maximum Gasteiger partial charge on any atom is 0.278 e. The van der Waals surface area contributed by atoms with E-state index < -0.39 is 23.4 Å². The van der Waals surface area contributed by atoms with Gasteiger partial charge >= 0.3 is 0 Å². The molecule has 0 bridgehead atoms. The molecule has 29 heavy (non-hydrogen) atoms. The van der Waals surface area contributed by atoms with E-state index in [1.807, 2.05) is 20.8 Å². The van der Waals surface area contributed by atoms with Crippen LogP contribution in [0.1, 0.15) is 26.3 Å². The minimum absolute atomic E-state index is 0.0332. The summed E-state index contributed by atoms with van der Waals surface area (Å²) in [5.41, 5.74) is 0.923. The number of halogens is 2. The number of carbonyl (C=O) groups is 2. The molecular formula is C22H22F2N2O3. The summed E-state index contributed by atoms with van der Waals surface area (Å²) in [5, 5.41) is 2.81. The van der Waals surface area contributed by atoms with Crippen LogP contribution < -0.4 is 10.1 Å². The number of hydrogen-bond donors (Lipinski definition) is 1. The number of benzene rings is 2. The number of rotatable bonds is 7. The number of anilines is 1. The van der Waals surface area contributed by atoms with Crippen molar-refractivity contribution in [1.82, 2.24) is 4.90 Å². The Kier molecular flexibility index (Phi) is 5.96. The van der Waals surface area contributed by atoms with Crippen LogP contribution >= 0.6 is 0 Å². The molecule has 1 aliphatic rings. The summed E-state index contributed by atoms with van der Waals surface area (Å²) in [5.74, 6) is -2.26. The van der Waals surface area contributed by atoms with E-state index in [1.165, 1.54) is 11.0 Å². The molecule has 1 aliphatic heterocycles. The van der Waals surface area contributed by atoms with E-state index in [-0.39, 0.29) is 29.4 Å². The van der Waals surface area contributed by atoms with Crippen LogP contribution in [0.15, 0.2) is 48.2 Å². The minimum atomic E-state index is -1.05. The van der Waals surface area contributed by atoms with Crippen LogP contribution in [0.5, 0.6) is 5.75 Å². The average Bonchev–Trinajstić information content (AvgIpc) is 2.90. The topological polar surface area (TPSA) is 58.6 Å². The summed E-state index contributed by atoms with van der Waals surface area (Å²) in [7, 11) is 0. The number of amides is 2. The van der Waals surface area contributed by atoms with E-state index in [0.717, 1.165) is 12.1 Å². The second-order valence-corrected chi connectivity index (χ2v) is 7.08. The fourth-order valence-corrected chi connectivity index (χ4v) is 3.09. The highest BCUT2D eigenvalue weighted by Gasteiger charge is 2.39. The lowest BCUT2D eigenvalue weighted by Crippen LogP contribution is -2.35. The van der Waals surface area contributed by atoms with Crippen LogP contribution in [0, 0.1) is 17.6 Å². The van der Waals surface area contributed by atoms with Gasteiger partial charge in [-0.15, -0.1) is 0 Å². The van der Waals surface area contributed by atoms with Crippen molar-refractivity contribution >= 4 is 23.1 Å². The van der Waals surface area contributed by atoms with Crippen molar-refractivity contribution in [3.05, 3.63) is 65.4 Å². The third kappa shape index (κ3) is 4.29. The second kappa shape index (κ2) is 8.43. The van der Waals surface area contributed by atoms with Crippen molar-refractivity contribution in [1.29, 1.82) is 0 Å². The molecule has 2 amide bonds. The molecule has 0 saturated heterocycles. The lowest BCUT2D eigenvalue weighted by molar-refractivity contribution is -0.137. The zero-order valence-electron chi connectivity index (χ0n) is 16.5. The molecule has 7 heteroatoms. The molecule has 0 saturated carbocycles. The smallest absolute Gasteiger partial charge is 0.278 e. The number of nitrogens with zero attached hydrogens (tertiary/aromatic N) is 1. The molecule has 0 fully saturated rings. The molecule has 0 aliphatic carbocycles. The summed E-state index contributed by atoms with van der Waals surface area (Å²) in [6.45, 7) is 6.42. The summed E-state index contributed by atoms with van der Waals surface area (Å²) < 4.78 is 32.3. The summed E-state index contributed by atoms with van der Waals surface area (Å²) in [6, 6.07) is 10.0. The van der Waals surface area contributed by atoms with Gasteiger partial charge < -0.3 is 10.1 Å². The van der Waals surface area contributed by atoms with Gasteiger partial charge in [-0.2, -0.15) is 0 Å². The molecule has 5 nitrogen and oxygen atoms in total. The lowest BCUT2D eigenvalue weighted by Gasteiger charge is -2.17. The number of ether oxygens (including phenoxy) is 1. The van der Waals surface area contributed by atoms with E-state index in [0.29, 0.717) is 17.9 Å². The largest absolute Gasteiger partial charge is 0.494 e. The van der Waals surface area contributed by atoms with Gasteiger partial charge in [0.15, 0.2) is 11.6 Å². The van der Waals surface area contributed by atoms with Gasteiger partial charge in [0.05, 0.1) is 12.2 Å². The first kappa shape index (κ1) is 20.5. The molecule has 0 unspecified atom stereocenters. The number of carbonyl (C=O) groups excluding carboxylic acids is 2.